The molecule has 0 fully saturated rings. The highest BCUT2D eigenvalue weighted by atomic mass is 16.2. The van der Waals surface area contributed by atoms with Crippen LogP contribution < -0.4 is 10.2 Å². The number of amides is 1. The Morgan fingerprint density at radius 1 is 1.11 bits per heavy atom. The van der Waals surface area contributed by atoms with Crippen molar-refractivity contribution in [3.05, 3.63) is 60.2 Å². The lowest BCUT2D eigenvalue weighted by Gasteiger charge is -2.18. The van der Waals surface area contributed by atoms with Crippen molar-refractivity contribution in [3.63, 3.8) is 0 Å². The van der Waals surface area contributed by atoms with Crippen molar-refractivity contribution in [2.45, 2.75) is 6.92 Å². The summed E-state index contributed by atoms with van der Waals surface area (Å²) in [5, 5.41) is 2.90. The van der Waals surface area contributed by atoms with E-state index in [0.717, 1.165) is 16.9 Å². The van der Waals surface area contributed by atoms with Crippen LogP contribution in [0.5, 0.6) is 0 Å². The molecular formula is C16H18N2O. The van der Waals surface area contributed by atoms with Gasteiger partial charge in [-0.2, -0.15) is 0 Å². The molecule has 0 aromatic heterocycles. The third-order valence-electron chi connectivity index (χ3n) is 2.88. The minimum Gasteiger partial charge on any atom is -0.365 e. The van der Waals surface area contributed by atoms with E-state index >= 15 is 0 Å². The molecule has 2 rings (SSSR count). The number of benzene rings is 2. The molecule has 0 saturated carbocycles. The first-order chi connectivity index (χ1) is 9.15. The molecule has 19 heavy (non-hydrogen) atoms. The number of para-hydroxylation sites is 1. The van der Waals surface area contributed by atoms with Crippen molar-refractivity contribution in [3.8, 4) is 0 Å². The zero-order chi connectivity index (χ0) is 13.7. The number of hydrogen-bond acceptors (Lipinski definition) is 2. The molecule has 1 amide bonds. The Labute approximate surface area is 113 Å². The Morgan fingerprint density at radius 3 is 2.53 bits per heavy atom. The summed E-state index contributed by atoms with van der Waals surface area (Å²) in [7, 11) is 1.91. The second kappa shape index (κ2) is 6.05. The minimum atomic E-state index is -0.0167. The first-order valence-electron chi connectivity index (χ1n) is 6.28. The molecule has 0 radical (unpaired) electrons. The monoisotopic (exact) mass is 254 g/mol. The van der Waals surface area contributed by atoms with Crippen molar-refractivity contribution >= 4 is 17.3 Å². The van der Waals surface area contributed by atoms with E-state index in [1.165, 1.54) is 0 Å². The van der Waals surface area contributed by atoms with E-state index in [2.05, 4.69) is 5.32 Å². The zero-order valence-corrected chi connectivity index (χ0v) is 11.3. The van der Waals surface area contributed by atoms with Gasteiger partial charge in [-0.1, -0.05) is 30.3 Å². The molecule has 0 spiro atoms. The lowest BCUT2D eigenvalue weighted by Crippen LogP contribution is -2.29. The largest absolute Gasteiger partial charge is 0.365 e. The van der Waals surface area contributed by atoms with Crippen molar-refractivity contribution < 1.29 is 4.79 Å². The van der Waals surface area contributed by atoms with Crippen molar-refractivity contribution in [1.82, 2.24) is 0 Å². The molecule has 0 atom stereocenters. The smallest absolute Gasteiger partial charge is 0.243 e. The lowest BCUT2D eigenvalue weighted by atomic mass is 10.2. The van der Waals surface area contributed by atoms with Crippen molar-refractivity contribution in [2.75, 3.05) is 23.8 Å². The van der Waals surface area contributed by atoms with Crippen LogP contribution >= 0.6 is 0 Å². The van der Waals surface area contributed by atoms with Gasteiger partial charge in [0.2, 0.25) is 5.91 Å². The SMILES string of the molecule is Cc1cccc(NC(=O)CN(C)c2ccccc2)c1. The van der Waals surface area contributed by atoms with E-state index < -0.39 is 0 Å². The molecular weight excluding hydrogens is 236 g/mol. The Kier molecular flexibility index (Phi) is 4.18. The average molecular weight is 254 g/mol. The maximum absolute atomic E-state index is 12.0. The molecule has 0 aliphatic heterocycles. The van der Waals surface area contributed by atoms with Gasteiger partial charge in [-0.25, -0.2) is 0 Å². The van der Waals surface area contributed by atoms with Gasteiger partial charge in [0, 0.05) is 18.4 Å². The summed E-state index contributed by atoms with van der Waals surface area (Å²) < 4.78 is 0. The lowest BCUT2D eigenvalue weighted by molar-refractivity contribution is -0.114. The molecule has 0 heterocycles. The average Bonchev–Trinajstić information content (AvgIpc) is 2.39. The zero-order valence-electron chi connectivity index (χ0n) is 11.3. The fraction of sp³-hybridized carbons (Fsp3) is 0.188. The number of nitrogens with one attached hydrogen (secondary N) is 1. The Morgan fingerprint density at radius 2 is 1.84 bits per heavy atom. The third kappa shape index (κ3) is 3.85. The van der Waals surface area contributed by atoms with E-state index in [4.69, 9.17) is 0 Å². The number of carbonyl (C=O) groups excluding carboxylic acids is 1. The van der Waals surface area contributed by atoms with E-state index in [9.17, 15) is 4.79 Å². The fourth-order valence-corrected chi connectivity index (χ4v) is 1.91. The highest BCUT2D eigenvalue weighted by Crippen LogP contribution is 2.12. The van der Waals surface area contributed by atoms with Crippen LogP contribution in [0, 0.1) is 6.92 Å². The van der Waals surface area contributed by atoms with Gasteiger partial charge >= 0.3 is 0 Å². The van der Waals surface area contributed by atoms with Crippen LogP contribution in [0.2, 0.25) is 0 Å². The number of hydrogen-bond donors (Lipinski definition) is 1. The standard InChI is InChI=1S/C16H18N2O/c1-13-7-6-8-14(11-13)17-16(19)12-18(2)15-9-4-3-5-10-15/h3-11H,12H2,1-2H3,(H,17,19). The molecule has 2 aromatic rings. The molecule has 0 aliphatic carbocycles. The Bertz CT molecular complexity index is 552. The van der Waals surface area contributed by atoms with Crippen molar-refractivity contribution in [2.24, 2.45) is 0 Å². The van der Waals surface area contributed by atoms with Crippen LogP contribution in [0.25, 0.3) is 0 Å². The predicted octanol–water partition coefficient (Wildman–Crippen LogP) is 3.07. The Balaban J connectivity index is 1.95. The molecule has 0 saturated heterocycles. The number of carbonyl (C=O) groups is 1. The van der Waals surface area contributed by atoms with E-state index in [-0.39, 0.29) is 5.91 Å². The number of likely N-dealkylation sites (N-methyl/N-ethyl adjacent to an activating group) is 1. The summed E-state index contributed by atoms with van der Waals surface area (Å²) in [4.78, 5) is 13.9. The van der Waals surface area contributed by atoms with E-state index in [1.54, 1.807) is 0 Å². The summed E-state index contributed by atoms with van der Waals surface area (Å²) in [6.45, 7) is 2.34. The second-order valence-corrected chi connectivity index (χ2v) is 4.61. The molecule has 3 nitrogen and oxygen atoms in total. The molecule has 0 bridgehead atoms. The van der Waals surface area contributed by atoms with Gasteiger partial charge in [-0.3, -0.25) is 4.79 Å². The van der Waals surface area contributed by atoms with Crippen LogP contribution in [0.4, 0.5) is 11.4 Å². The van der Waals surface area contributed by atoms with Gasteiger partial charge in [-0.05, 0) is 36.8 Å². The van der Waals surface area contributed by atoms with Gasteiger partial charge in [0.25, 0.3) is 0 Å². The summed E-state index contributed by atoms with van der Waals surface area (Å²) in [6.07, 6.45) is 0. The molecule has 3 heteroatoms. The maximum atomic E-state index is 12.0. The van der Waals surface area contributed by atoms with Crippen molar-refractivity contribution in [1.29, 1.82) is 0 Å². The minimum absolute atomic E-state index is 0.0167. The molecule has 1 N–H and O–H groups in total. The highest BCUT2D eigenvalue weighted by Gasteiger charge is 2.07. The Hall–Kier alpha value is -2.29. The number of rotatable bonds is 4. The van der Waals surface area contributed by atoms with Crippen LogP contribution in [-0.4, -0.2) is 19.5 Å². The third-order valence-corrected chi connectivity index (χ3v) is 2.88. The second-order valence-electron chi connectivity index (χ2n) is 4.61. The fourth-order valence-electron chi connectivity index (χ4n) is 1.91. The molecule has 0 unspecified atom stereocenters. The molecule has 98 valence electrons. The van der Waals surface area contributed by atoms with E-state index in [1.807, 2.05) is 73.5 Å². The van der Waals surface area contributed by atoms with Gasteiger partial charge in [0.15, 0.2) is 0 Å². The maximum Gasteiger partial charge on any atom is 0.243 e. The topological polar surface area (TPSA) is 32.3 Å². The number of aryl methyl sites for hydroxylation is 1. The molecule has 0 aliphatic rings. The predicted molar refractivity (Wildman–Crippen MR) is 79.5 cm³/mol. The number of anilines is 2. The van der Waals surface area contributed by atoms with Crippen LogP contribution in [0.1, 0.15) is 5.56 Å². The van der Waals surface area contributed by atoms with Gasteiger partial charge in [0.1, 0.15) is 0 Å². The summed E-state index contributed by atoms with van der Waals surface area (Å²) in [6, 6.07) is 17.7. The highest BCUT2D eigenvalue weighted by molar-refractivity contribution is 5.94. The van der Waals surface area contributed by atoms with Crippen LogP contribution in [0.3, 0.4) is 0 Å². The summed E-state index contributed by atoms with van der Waals surface area (Å²) in [5.41, 5.74) is 3.00. The first kappa shape index (κ1) is 13.1. The first-order valence-corrected chi connectivity index (χ1v) is 6.28. The van der Waals surface area contributed by atoms with Crippen LogP contribution in [-0.2, 0) is 4.79 Å². The van der Waals surface area contributed by atoms with Gasteiger partial charge in [0.05, 0.1) is 6.54 Å². The van der Waals surface area contributed by atoms with E-state index in [0.29, 0.717) is 6.54 Å². The summed E-state index contributed by atoms with van der Waals surface area (Å²) in [5.74, 6) is -0.0167. The normalized spacial score (nSPS) is 10.0. The quantitative estimate of drug-likeness (QED) is 0.909. The number of nitrogens with zero attached hydrogens (tertiary/aromatic N) is 1. The summed E-state index contributed by atoms with van der Waals surface area (Å²) >= 11 is 0. The van der Waals surface area contributed by atoms with Gasteiger partial charge < -0.3 is 10.2 Å². The van der Waals surface area contributed by atoms with Gasteiger partial charge in [-0.15, -0.1) is 0 Å². The van der Waals surface area contributed by atoms with Crippen LogP contribution in [0.15, 0.2) is 54.6 Å². The molecule has 2 aromatic carbocycles.